The number of amides is 1. The van der Waals surface area contributed by atoms with Crippen LogP contribution >= 0.6 is 0 Å². The number of nitrogens with one attached hydrogen (secondary N) is 1. The molecule has 0 saturated carbocycles. The average molecular weight is 296 g/mol. The van der Waals surface area contributed by atoms with Gasteiger partial charge in [0.25, 0.3) is 0 Å². The van der Waals surface area contributed by atoms with Gasteiger partial charge in [-0.2, -0.15) is 0 Å². The van der Waals surface area contributed by atoms with E-state index in [1.807, 2.05) is 18.2 Å². The van der Waals surface area contributed by atoms with E-state index in [0.29, 0.717) is 24.9 Å². The van der Waals surface area contributed by atoms with Crippen molar-refractivity contribution in [2.45, 2.75) is 31.7 Å². The zero-order valence-electron chi connectivity index (χ0n) is 11.3. The van der Waals surface area contributed by atoms with E-state index in [4.69, 9.17) is 5.73 Å². The lowest BCUT2D eigenvalue weighted by Gasteiger charge is -2.23. The van der Waals surface area contributed by atoms with Gasteiger partial charge in [-0.05, 0) is 37.0 Å². The predicted octanol–water partition coefficient (Wildman–Crippen LogP) is 0.895. The van der Waals surface area contributed by atoms with Gasteiger partial charge in [0.1, 0.15) is 0 Å². The van der Waals surface area contributed by atoms with Crippen LogP contribution in [-0.2, 0) is 21.1 Å². The summed E-state index contributed by atoms with van der Waals surface area (Å²) < 4.78 is 23.0. The van der Waals surface area contributed by atoms with E-state index in [-0.39, 0.29) is 23.5 Å². The molecule has 0 radical (unpaired) electrons. The Kier molecular flexibility index (Phi) is 4.65. The molecule has 1 atom stereocenters. The van der Waals surface area contributed by atoms with Crippen LogP contribution in [0.4, 0.5) is 5.69 Å². The molecule has 0 aromatic heterocycles. The van der Waals surface area contributed by atoms with Gasteiger partial charge in [0, 0.05) is 18.2 Å². The van der Waals surface area contributed by atoms with E-state index in [1.165, 1.54) is 0 Å². The lowest BCUT2D eigenvalue weighted by Crippen LogP contribution is -2.43. The van der Waals surface area contributed by atoms with Crippen LogP contribution in [0.25, 0.3) is 0 Å². The summed E-state index contributed by atoms with van der Waals surface area (Å²) in [6.45, 7) is 0. The highest BCUT2D eigenvalue weighted by Crippen LogP contribution is 2.13. The summed E-state index contributed by atoms with van der Waals surface area (Å²) in [6, 6.07) is 7.20. The minimum atomic E-state index is -2.98. The van der Waals surface area contributed by atoms with Gasteiger partial charge in [-0.3, -0.25) is 4.79 Å². The Morgan fingerprint density at radius 3 is 2.90 bits per heavy atom. The number of hydrogen-bond acceptors (Lipinski definition) is 4. The minimum Gasteiger partial charge on any atom is -0.399 e. The second-order valence-electron chi connectivity index (χ2n) is 5.27. The van der Waals surface area contributed by atoms with Gasteiger partial charge in [-0.25, -0.2) is 8.42 Å². The summed E-state index contributed by atoms with van der Waals surface area (Å²) in [5.41, 5.74) is 7.37. The monoisotopic (exact) mass is 296 g/mol. The third-order valence-electron chi connectivity index (χ3n) is 3.42. The summed E-state index contributed by atoms with van der Waals surface area (Å²) >= 11 is 0. The van der Waals surface area contributed by atoms with E-state index < -0.39 is 9.84 Å². The number of anilines is 1. The molecule has 6 heteroatoms. The van der Waals surface area contributed by atoms with Crippen LogP contribution in [0.5, 0.6) is 0 Å². The van der Waals surface area contributed by atoms with Crippen LogP contribution in [0.1, 0.15) is 24.8 Å². The standard InChI is InChI=1S/C14H20N2O3S/c15-12-4-1-3-11(9-12)6-7-14(17)16-13-5-2-8-20(18,19)10-13/h1,3-4,9,13H,2,5-8,10,15H2,(H,16,17). The fourth-order valence-corrected chi connectivity index (χ4v) is 4.08. The van der Waals surface area contributed by atoms with Gasteiger partial charge in [0.15, 0.2) is 9.84 Å². The summed E-state index contributed by atoms with van der Waals surface area (Å²) in [4.78, 5) is 11.8. The Bertz CT molecular complexity index is 584. The highest BCUT2D eigenvalue weighted by Gasteiger charge is 2.25. The van der Waals surface area contributed by atoms with E-state index in [0.717, 1.165) is 12.0 Å². The molecule has 0 aliphatic carbocycles. The number of sulfone groups is 1. The number of carbonyl (C=O) groups is 1. The Hall–Kier alpha value is -1.56. The first-order valence-electron chi connectivity index (χ1n) is 6.79. The summed E-state index contributed by atoms with van der Waals surface area (Å²) in [6.07, 6.45) is 2.32. The number of aryl methyl sites for hydroxylation is 1. The molecular formula is C14H20N2O3S. The highest BCUT2D eigenvalue weighted by atomic mass is 32.2. The maximum Gasteiger partial charge on any atom is 0.220 e. The van der Waals surface area contributed by atoms with E-state index in [1.54, 1.807) is 6.07 Å². The van der Waals surface area contributed by atoms with Crippen LogP contribution < -0.4 is 11.1 Å². The fourth-order valence-electron chi connectivity index (χ4n) is 2.44. The fraction of sp³-hybridized carbons (Fsp3) is 0.500. The van der Waals surface area contributed by atoms with Crippen LogP contribution in [0.15, 0.2) is 24.3 Å². The molecule has 20 heavy (non-hydrogen) atoms. The molecular weight excluding hydrogens is 276 g/mol. The number of hydrogen-bond donors (Lipinski definition) is 2. The molecule has 0 spiro atoms. The summed E-state index contributed by atoms with van der Waals surface area (Å²) in [7, 11) is -2.98. The van der Waals surface area contributed by atoms with Crippen molar-refractivity contribution in [3.8, 4) is 0 Å². The topological polar surface area (TPSA) is 89.3 Å². The molecule has 0 bridgehead atoms. The zero-order valence-corrected chi connectivity index (χ0v) is 12.2. The molecule has 1 heterocycles. The van der Waals surface area contributed by atoms with Crippen molar-refractivity contribution in [2.75, 3.05) is 17.2 Å². The van der Waals surface area contributed by atoms with Crippen LogP contribution in [0.2, 0.25) is 0 Å². The van der Waals surface area contributed by atoms with Crippen molar-refractivity contribution in [1.82, 2.24) is 5.32 Å². The van der Waals surface area contributed by atoms with Gasteiger partial charge in [-0.1, -0.05) is 12.1 Å². The number of carbonyl (C=O) groups excluding carboxylic acids is 1. The second kappa shape index (κ2) is 6.26. The van der Waals surface area contributed by atoms with Crippen LogP contribution in [-0.4, -0.2) is 31.9 Å². The summed E-state index contributed by atoms with van der Waals surface area (Å²) in [5.74, 6) is 0.203. The van der Waals surface area contributed by atoms with E-state index in [9.17, 15) is 13.2 Å². The number of nitrogen functional groups attached to an aromatic ring is 1. The molecule has 1 saturated heterocycles. The molecule has 110 valence electrons. The van der Waals surface area contributed by atoms with E-state index in [2.05, 4.69) is 5.32 Å². The molecule has 1 aliphatic heterocycles. The maximum atomic E-state index is 11.8. The molecule has 1 fully saturated rings. The summed E-state index contributed by atoms with van der Waals surface area (Å²) in [5, 5.41) is 2.81. The Morgan fingerprint density at radius 1 is 1.40 bits per heavy atom. The quantitative estimate of drug-likeness (QED) is 0.808. The van der Waals surface area contributed by atoms with Crippen molar-refractivity contribution >= 4 is 21.4 Å². The first-order chi connectivity index (χ1) is 9.44. The number of benzene rings is 1. The Balaban J connectivity index is 1.81. The molecule has 1 unspecified atom stereocenters. The second-order valence-corrected chi connectivity index (χ2v) is 7.49. The smallest absolute Gasteiger partial charge is 0.220 e. The zero-order chi connectivity index (χ0) is 14.6. The Morgan fingerprint density at radius 2 is 2.20 bits per heavy atom. The molecule has 1 amide bonds. The first-order valence-corrected chi connectivity index (χ1v) is 8.61. The largest absolute Gasteiger partial charge is 0.399 e. The molecule has 2 rings (SSSR count). The molecule has 5 nitrogen and oxygen atoms in total. The van der Waals surface area contributed by atoms with Crippen LogP contribution in [0.3, 0.4) is 0 Å². The van der Waals surface area contributed by atoms with Crippen molar-refractivity contribution in [3.63, 3.8) is 0 Å². The lowest BCUT2D eigenvalue weighted by atomic mass is 10.1. The van der Waals surface area contributed by atoms with Crippen molar-refractivity contribution in [1.29, 1.82) is 0 Å². The van der Waals surface area contributed by atoms with Gasteiger partial charge in [-0.15, -0.1) is 0 Å². The molecule has 1 aromatic rings. The third kappa shape index (κ3) is 4.52. The van der Waals surface area contributed by atoms with Crippen molar-refractivity contribution < 1.29 is 13.2 Å². The van der Waals surface area contributed by atoms with Gasteiger partial charge in [0.2, 0.25) is 5.91 Å². The van der Waals surface area contributed by atoms with Gasteiger partial charge >= 0.3 is 0 Å². The SMILES string of the molecule is Nc1cccc(CCC(=O)NC2CCCS(=O)(=O)C2)c1. The Labute approximate surface area is 119 Å². The molecule has 1 aliphatic rings. The number of nitrogens with two attached hydrogens (primary N) is 1. The predicted molar refractivity (Wildman–Crippen MR) is 79.0 cm³/mol. The van der Waals surface area contributed by atoms with Crippen molar-refractivity contribution in [2.24, 2.45) is 0 Å². The number of rotatable bonds is 4. The lowest BCUT2D eigenvalue weighted by molar-refractivity contribution is -0.121. The maximum absolute atomic E-state index is 11.8. The first kappa shape index (κ1) is 14.8. The van der Waals surface area contributed by atoms with Gasteiger partial charge in [0.05, 0.1) is 11.5 Å². The van der Waals surface area contributed by atoms with Gasteiger partial charge < -0.3 is 11.1 Å². The average Bonchev–Trinajstić information content (AvgIpc) is 2.35. The van der Waals surface area contributed by atoms with Crippen LogP contribution in [0, 0.1) is 0 Å². The third-order valence-corrected chi connectivity index (χ3v) is 5.24. The van der Waals surface area contributed by atoms with Crippen molar-refractivity contribution in [3.05, 3.63) is 29.8 Å². The van der Waals surface area contributed by atoms with E-state index >= 15 is 0 Å². The molecule has 3 N–H and O–H groups in total. The normalized spacial score (nSPS) is 21.3. The minimum absolute atomic E-state index is 0.0665. The highest BCUT2D eigenvalue weighted by molar-refractivity contribution is 7.91. The molecule has 1 aromatic carbocycles.